The molecule has 2 heterocycles. The van der Waals surface area contributed by atoms with Gasteiger partial charge in [0.2, 0.25) is 0 Å². The lowest BCUT2D eigenvalue weighted by Gasteiger charge is -2.17. The summed E-state index contributed by atoms with van der Waals surface area (Å²) in [6.07, 6.45) is 1.52. The Bertz CT molecular complexity index is 654. The monoisotopic (exact) mass is 286 g/mol. The Kier molecular flexibility index (Phi) is 3.37. The molecule has 1 amide bonds. The minimum atomic E-state index is -0.0791. The average Bonchev–Trinajstić information content (AvgIpc) is 3.07. The molecule has 6 heteroatoms. The summed E-state index contributed by atoms with van der Waals surface area (Å²) < 4.78 is 5.87. The maximum atomic E-state index is 12.6. The number of hydrogen-bond acceptors (Lipinski definition) is 4. The number of H-pyrrole nitrogens is 1. The van der Waals surface area contributed by atoms with Crippen molar-refractivity contribution in [2.75, 3.05) is 7.05 Å². The zero-order valence-electron chi connectivity index (χ0n) is 12.3. The topological polar surface area (TPSA) is 71.1 Å². The number of carbonyl (C=O) groups excluding carboxylic acids is 1. The number of hydrogen-bond donors (Lipinski definition) is 1. The van der Waals surface area contributed by atoms with E-state index in [0.29, 0.717) is 29.6 Å². The van der Waals surface area contributed by atoms with Crippen molar-refractivity contribution in [2.45, 2.75) is 32.4 Å². The quantitative estimate of drug-likeness (QED) is 0.936. The van der Waals surface area contributed by atoms with Gasteiger partial charge in [-0.15, -0.1) is 0 Å². The molecular weight excluding hydrogens is 268 g/mol. The summed E-state index contributed by atoms with van der Waals surface area (Å²) in [5.41, 5.74) is 1.70. The van der Waals surface area contributed by atoms with Gasteiger partial charge in [0, 0.05) is 18.5 Å². The van der Waals surface area contributed by atoms with Gasteiger partial charge in [-0.3, -0.25) is 9.89 Å². The number of aromatic amines is 1. The highest BCUT2D eigenvalue weighted by atomic mass is 16.5. The molecule has 0 spiro atoms. The van der Waals surface area contributed by atoms with Crippen molar-refractivity contribution in [3.63, 3.8) is 0 Å². The van der Waals surface area contributed by atoms with Crippen LogP contribution in [0.1, 0.15) is 41.5 Å². The van der Waals surface area contributed by atoms with Gasteiger partial charge in [0.15, 0.2) is 0 Å². The van der Waals surface area contributed by atoms with Gasteiger partial charge in [0.1, 0.15) is 24.0 Å². The second-order valence-corrected chi connectivity index (χ2v) is 5.43. The molecule has 1 aliphatic rings. The van der Waals surface area contributed by atoms with Crippen LogP contribution in [0.2, 0.25) is 0 Å². The number of nitrogens with zero attached hydrogens (tertiary/aromatic N) is 3. The molecule has 2 unspecified atom stereocenters. The van der Waals surface area contributed by atoms with Gasteiger partial charge in [-0.25, -0.2) is 4.98 Å². The standard InChI is InChI=1S/C15H18N4O2/c1-9-10(2)21-14-11(9)5-4-6-12(14)15(20)19(3)7-13-16-8-17-18-13/h4-6,8-10H,7H2,1-3H3,(H,16,17,18). The summed E-state index contributed by atoms with van der Waals surface area (Å²) in [5.74, 6) is 1.59. The smallest absolute Gasteiger partial charge is 0.257 e. The molecule has 1 aromatic heterocycles. The Labute approximate surface area is 123 Å². The number of aromatic nitrogens is 3. The molecule has 0 aliphatic carbocycles. The van der Waals surface area contributed by atoms with E-state index in [1.165, 1.54) is 6.33 Å². The second kappa shape index (κ2) is 5.20. The number of para-hydroxylation sites is 1. The highest BCUT2D eigenvalue weighted by Gasteiger charge is 2.31. The summed E-state index contributed by atoms with van der Waals surface area (Å²) in [5, 5.41) is 6.54. The summed E-state index contributed by atoms with van der Waals surface area (Å²) >= 11 is 0. The first-order valence-electron chi connectivity index (χ1n) is 6.97. The van der Waals surface area contributed by atoms with Crippen LogP contribution in [0.15, 0.2) is 24.5 Å². The van der Waals surface area contributed by atoms with Crippen molar-refractivity contribution in [2.24, 2.45) is 0 Å². The molecule has 2 atom stereocenters. The van der Waals surface area contributed by atoms with E-state index in [1.807, 2.05) is 25.1 Å². The molecule has 1 N–H and O–H groups in total. The van der Waals surface area contributed by atoms with Gasteiger partial charge < -0.3 is 9.64 Å². The SMILES string of the molecule is CC1Oc2c(C(=O)N(C)Cc3ncn[nH]3)cccc2C1C. The normalized spacial score (nSPS) is 20.0. The largest absolute Gasteiger partial charge is 0.489 e. The fourth-order valence-corrected chi connectivity index (χ4v) is 2.56. The number of rotatable bonds is 3. The van der Waals surface area contributed by atoms with Gasteiger partial charge in [0.05, 0.1) is 12.1 Å². The van der Waals surface area contributed by atoms with Crippen LogP contribution in [0.4, 0.5) is 0 Å². The number of amides is 1. The first-order chi connectivity index (χ1) is 10.1. The van der Waals surface area contributed by atoms with Crippen LogP contribution in [0.25, 0.3) is 0 Å². The fraction of sp³-hybridized carbons (Fsp3) is 0.400. The first-order valence-corrected chi connectivity index (χ1v) is 6.97. The minimum absolute atomic E-state index is 0.0791. The Balaban J connectivity index is 1.86. The van der Waals surface area contributed by atoms with E-state index in [-0.39, 0.29) is 12.0 Å². The molecule has 0 saturated heterocycles. The van der Waals surface area contributed by atoms with Crippen molar-refractivity contribution in [1.29, 1.82) is 0 Å². The first kappa shape index (κ1) is 13.6. The van der Waals surface area contributed by atoms with Gasteiger partial charge in [-0.05, 0) is 13.0 Å². The van der Waals surface area contributed by atoms with Crippen molar-refractivity contribution in [3.8, 4) is 5.75 Å². The Hall–Kier alpha value is -2.37. The molecule has 6 nitrogen and oxygen atoms in total. The zero-order valence-corrected chi connectivity index (χ0v) is 12.3. The van der Waals surface area contributed by atoms with E-state index in [0.717, 1.165) is 5.56 Å². The Morgan fingerprint density at radius 3 is 2.95 bits per heavy atom. The highest BCUT2D eigenvalue weighted by Crippen LogP contribution is 2.40. The van der Waals surface area contributed by atoms with Crippen LogP contribution >= 0.6 is 0 Å². The van der Waals surface area contributed by atoms with E-state index in [1.54, 1.807) is 11.9 Å². The van der Waals surface area contributed by atoms with Crippen molar-refractivity contribution >= 4 is 5.91 Å². The van der Waals surface area contributed by atoms with Crippen LogP contribution in [0, 0.1) is 0 Å². The molecule has 2 aromatic rings. The molecular formula is C15H18N4O2. The predicted octanol–water partition coefficient (Wildman–Crippen LogP) is 1.96. The predicted molar refractivity (Wildman–Crippen MR) is 77.1 cm³/mol. The molecule has 110 valence electrons. The van der Waals surface area contributed by atoms with E-state index < -0.39 is 0 Å². The molecule has 1 aliphatic heterocycles. The molecule has 0 fully saturated rings. The lowest BCUT2D eigenvalue weighted by Crippen LogP contribution is -2.27. The third kappa shape index (κ3) is 2.37. The van der Waals surface area contributed by atoms with E-state index in [4.69, 9.17) is 4.74 Å². The van der Waals surface area contributed by atoms with Crippen LogP contribution in [-0.2, 0) is 6.54 Å². The fourth-order valence-electron chi connectivity index (χ4n) is 2.56. The van der Waals surface area contributed by atoms with Gasteiger partial charge >= 0.3 is 0 Å². The number of carbonyl (C=O) groups is 1. The van der Waals surface area contributed by atoms with Gasteiger partial charge in [-0.1, -0.05) is 19.1 Å². The Morgan fingerprint density at radius 2 is 2.24 bits per heavy atom. The van der Waals surface area contributed by atoms with E-state index in [9.17, 15) is 4.79 Å². The molecule has 21 heavy (non-hydrogen) atoms. The minimum Gasteiger partial charge on any atom is -0.489 e. The summed E-state index contributed by atoms with van der Waals surface area (Å²) in [7, 11) is 1.74. The number of ether oxygens (including phenoxy) is 1. The van der Waals surface area contributed by atoms with Crippen LogP contribution in [0.3, 0.4) is 0 Å². The van der Waals surface area contributed by atoms with E-state index in [2.05, 4.69) is 22.1 Å². The lowest BCUT2D eigenvalue weighted by molar-refractivity contribution is 0.0776. The molecule has 3 rings (SSSR count). The number of fused-ring (bicyclic) bond motifs is 1. The Morgan fingerprint density at radius 1 is 1.43 bits per heavy atom. The van der Waals surface area contributed by atoms with Crippen LogP contribution in [0.5, 0.6) is 5.75 Å². The number of nitrogens with one attached hydrogen (secondary N) is 1. The second-order valence-electron chi connectivity index (χ2n) is 5.43. The summed E-state index contributed by atoms with van der Waals surface area (Å²) in [6, 6.07) is 5.74. The van der Waals surface area contributed by atoms with Crippen molar-refractivity contribution < 1.29 is 9.53 Å². The lowest BCUT2D eigenvalue weighted by atomic mass is 9.96. The maximum absolute atomic E-state index is 12.6. The molecule has 0 saturated carbocycles. The third-order valence-electron chi connectivity index (χ3n) is 3.97. The maximum Gasteiger partial charge on any atom is 0.257 e. The molecule has 0 bridgehead atoms. The van der Waals surface area contributed by atoms with Crippen LogP contribution < -0.4 is 4.74 Å². The zero-order chi connectivity index (χ0) is 15.0. The van der Waals surface area contributed by atoms with Gasteiger partial charge in [-0.2, -0.15) is 5.10 Å². The van der Waals surface area contributed by atoms with Crippen molar-refractivity contribution in [1.82, 2.24) is 20.1 Å². The van der Waals surface area contributed by atoms with E-state index >= 15 is 0 Å². The highest BCUT2D eigenvalue weighted by molar-refractivity contribution is 5.97. The summed E-state index contributed by atoms with van der Waals surface area (Å²) in [6.45, 7) is 4.52. The summed E-state index contributed by atoms with van der Waals surface area (Å²) in [4.78, 5) is 18.3. The number of benzene rings is 1. The van der Waals surface area contributed by atoms with Gasteiger partial charge in [0.25, 0.3) is 5.91 Å². The molecule has 0 radical (unpaired) electrons. The van der Waals surface area contributed by atoms with Crippen molar-refractivity contribution in [3.05, 3.63) is 41.5 Å². The van der Waals surface area contributed by atoms with Crippen LogP contribution in [-0.4, -0.2) is 39.1 Å². The average molecular weight is 286 g/mol. The molecule has 1 aromatic carbocycles. The third-order valence-corrected chi connectivity index (χ3v) is 3.97.